The van der Waals surface area contributed by atoms with Gasteiger partial charge in [-0.1, -0.05) is 24.3 Å². The second kappa shape index (κ2) is 5.71. The molecule has 0 unspecified atom stereocenters. The van der Waals surface area contributed by atoms with Crippen molar-refractivity contribution in [2.24, 2.45) is 4.99 Å². The smallest absolute Gasteiger partial charge is 0.281 e. The maximum Gasteiger partial charge on any atom is 0.281 e. The number of nitro benzene ring substituents is 2. The summed E-state index contributed by atoms with van der Waals surface area (Å²) in [5.74, 6) is 0. The largest absolute Gasteiger partial charge is 0.287 e. The number of hydrogen-bond donors (Lipinski definition) is 0. The first-order chi connectivity index (χ1) is 11.8. The van der Waals surface area contributed by atoms with Gasteiger partial charge in [-0.2, -0.15) is 0 Å². The third kappa shape index (κ3) is 2.57. The van der Waals surface area contributed by atoms with Crippen LogP contribution in [0.4, 0.5) is 17.1 Å². The summed E-state index contributed by atoms with van der Waals surface area (Å²) in [6.07, 6.45) is 0. The van der Waals surface area contributed by atoms with Crippen molar-refractivity contribution in [2.75, 3.05) is 0 Å². The van der Waals surface area contributed by atoms with Crippen molar-refractivity contribution in [3.8, 4) is 0 Å². The van der Waals surface area contributed by atoms with Gasteiger partial charge in [-0.25, -0.2) is 4.99 Å². The zero-order valence-electron chi connectivity index (χ0n) is 12.8. The van der Waals surface area contributed by atoms with E-state index >= 15 is 0 Å². The SMILES string of the molecule is Cc1c(N=c2c(=O)c3ccccc3c2=O)cc([N+](=O)[O-])cc1[N+](=O)[O-]. The van der Waals surface area contributed by atoms with E-state index in [1.807, 2.05) is 0 Å². The number of fused-ring (bicyclic) bond motifs is 1. The van der Waals surface area contributed by atoms with Gasteiger partial charge in [0.2, 0.25) is 10.9 Å². The standard InChI is InChI=1S/C16H9N3O6/c1-8-12(6-9(18(22)23)7-13(8)19(24)25)17-14-15(20)10-4-2-3-5-11(10)16(14)21/h2-7H,1H3. The highest BCUT2D eigenvalue weighted by atomic mass is 16.6. The average Bonchev–Trinajstić information content (AvgIpc) is 2.81. The summed E-state index contributed by atoms with van der Waals surface area (Å²) < 4.78 is 0. The minimum atomic E-state index is -0.802. The van der Waals surface area contributed by atoms with Crippen molar-refractivity contribution in [3.63, 3.8) is 0 Å². The van der Waals surface area contributed by atoms with Crippen LogP contribution in [0.25, 0.3) is 10.8 Å². The summed E-state index contributed by atoms with van der Waals surface area (Å²) in [4.78, 5) is 49.1. The summed E-state index contributed by atoms with van der Waals surface area (Å²) in [6.45, 7) is 1.35. The molecule has 124 valence electrons. The molecular formula is C16H9N3O6. The van der Waals surface area contributed by atoms with Crippen molar-refractivity contribution in [1.82, 2.24) is 0 Å². The van der Waals surface area contributed by atoms with Gasteiger partial charge in [-0.15, -0.1) is 0 Å². The number of hydrogen-bond acceptors (Lipinski definition) is 7. The summed E-state index contributed by atoms with van der Waals surface area (Å²) in [7, 11) is 0. The van der Waals surface area contributed by atoms with Crippen molar-refractivity contribution in [1.29, 1.82) is 0 Å². The molecule has 0 atom stereocenters. The first-order valence-electron chi connectivity index (χ1n) is 7.02. The molecule has 0 N–H and O–H groups in total. The van der Waals surface area contributed by atoms with E-state index in [2.05, 4.69) is 4.99 Å². The van der Waals surface area contributed by atoms with E-state index < -0.39 is 37.4 Å². The number of non-ortho nitro benzene ring substituents is 1. The Hall–Kier alpha value is -3.75. The lowest BCUT2D eigenvalue weighted by molar-refractivity contribution is -0.394. The maximum absolute atomic E-state index is 12.3. The van der Waals surface area contributed by atoms with Gasteiger partial charge in [-0.3, -0.25) is 29.8 Å². The van der Waals surface area contributed by atoms with Crippen LogP contribution in [0.1, 0.15) is 5.56 Å². The quantitative estimate of drug-likeness (QED) is 0.527. The predicted octanol–water partition coefficient (Wildman–Crippen LogP) is 1.79. The summed E-state index contributed by atoms with van der Waals surface area (Å²) in [5, 5.41) is 22.0. The van der Waals surface area contributed by atoms with Crippen molar-refractivity contribution < 1.29 is 9.85 Å². The number of nitro groups is 2. The number of benzene rings is 2. The fourth-order valence-corrected chi connectivity index (χ4v) is 2.54. The zero-order valence-corrected chi connectivity index (χ0v) is 12.8. The molecular weight excluding hydrogens is 330 g/mol. The van der Waals surface area contributed by atoms with Crippen LogP contribution in [-0.2, 0) is 0 Å². The van der Waals surface area contributed by atoms with E-state index in [0.29, 0.717) is 0 Å². The van der Waals surface area contributed by atoms with Crippen LogP contribution in [0, 0.1) is 27.2 Å². The van der Waals surface area contributed by atoms with Gasteiger partial charge in [0.05, 0.1) is 27.2 Å². The Bertz CT molecular complexity index is 1160. The minimum Gasteiger partial charge on any atom is -0.287 e. The minimum absolute atomic E-state index is 0.0275. The highest BCUT2D eigenvalue weighted by Gasteiger charge is 2.21. The fourth-order valence-electron chi connectivity index (χ4n) is 2.54. The second-order valence-corrected chi connectivity index (χ2v) is 5.29. The molecule has 3 aromatic carbocycles. The van der Waals surface area contributed by atoms with Crippen LogP contribution in [-0.4, -0.2) is 9.85 Å². The monoisotopic (exact) mass is 339 g/mol. The van der Waals surface area contributed by atoms with Gasteiger partial charge < -0.3 is 0 Å². The Morgan fingerprint density at radius 2 is 1.48 bits per heavy atom. The molecule has 0 fully saturated rings. The molecule has 0 aliphatic heterocycles. The van der Waals surface area contributed by atoms with E-state index in [-0.39, 0.29) is 22.0 Å². The van der Waals surface area contributed by atoms with Crippen LogP contribution in [0.2, 0.25) is 0 Å². The lowest BCUT2D eigenvalue weighted by Gasteiger charge is -2.01. The van der Waals surface area contributed by atoms with E-state index in [1.54, 1.807) is 12.1 Å². The van der Waals surface area contributed by atoms with Crippen LogP contribution in [0.15, 0.2) is 51.0 Å². The van der Waals surface area contributed by atoms with Gasteiger partial charge >= 0.3 is 0 Å². The topological polar surface area (TPSA) is 133 Å². The highest BCUT2D eigenvalue weighted by Crippen LogP contribution is 2.32. The number of rotatable bonds is 3. The molecule has 0 radical (unpaired) electrons. The lowest BCUT2D eigenvalue weighted by atomic mass is 10.1. The van der Waals surface area contributed by atoms with Crippen LogP contribution in [0.3, 0.4) is 0 Å². The Balaban J connectivity index is 2.41. The van der Waals surface area contributed by atoms with E-state index in [4.69, 9.17) is 0 Å². The van der Waals surface area contributed by atoms with Crippen molar-refractivity contribution in [2.45, 2.75) is 6.92 Å². The van der Waals surface area contributed by atoms with Crippen LogP contribution < -0.4 is 16.2 Å². The van der Waals surface area contributed by atoms with Gasteiger partial charge in [0.25, 0.3) is 11.4 Å². The molecule has 3 rings (SSSR count). The normalized spacial score (nSPS) is 10.8. The van der Waals surface area contributed by atoms with Crippen molar-refractivity contribution >= 4 is 27.8 Å². The molecule has 25 heavy (non-hydrogen) atoms. The van der Waals surface area contributed by atoms with E-state index in [9.17, 15) is 29.8 Å². The van der Waals surface area contributed by atoms with Crippen LogP contribution >= 0.6 is 0 Å². The molecule has 0 bridgehead atoms. The molecule has 0 heterocycles. The maximum atomic E-state index is 12.3. The van der Waals surface area contributed by atoms with Gasteiger partial charge in [-0.05, 0) is 6.92 Å². The fraction of sp³-hybridized carbons (Fsp3) is 0.0625. The third-order valence-electron chi connectivity index (χ3n) is 3.82. The molecule has 0 amide bonds. The zero-order chi connectivity index (χ0) is 18.3. The number of nitrogens with zero attached hydrogens (tertiary/aromatic N) is 3. The average molecular weight is 339 g/mol. The molecule has 9 nitrogen and oxygen atoms in total. The highest BCUT2D eigenvalue weighted by molar-refractivity contribution is 5.83. The Kier molecular flexibility index (Phi) is 3.68. The molecule has 0 spiro atoms. The second-order valence-electron chi connectivity index (χ2n) is 5.29. The van der Waals surface area contributed by atoms with E-state index in [0.717, 1.165) is 12.1 Å². The Labute approximate surface area is 138 Å². The lowest BCUT2D eigenvalue weighted by Crippen LogP contribution is -2.31. The Morgan fingerprint density at radius 1 is 0.920 bits per heavy atom. The molecule has 0 saturated heterocycles. The molecule has 0 saturated carbocycles. The third-order valence-corrected chi connectivity index (χ3v) is 3.82. The predicted molar refractivity (Wildman–Crippen MR) is 88.6 cm³/mol. The van der Waals surface area contributed by atoms with Gasteiger partial charge in [0, 0.05) is 16.8 Å². The van der Waals surface area contributed by atoms with Crippen LogP contribution in [0.5, 0.6) is 0 Å². The van der Waals surface area contributed by atoms with Crippen molar-refractivity contribution in [3.05, 3.63) is 88.0 Å². The first kappa shape index (κ1) is 16.1. The van der Waals surface area contributed by atoms with Gasteiger partial charge in [0.1, 0.15) is 0 Å². The molecule has 9 heteroatoms. The Morgan fingerprint density at radius 3 is 1.96 bits per heavy atom. The summed E-state index contributed by atoms with van der Waals surface area (Å²) in [5.41, 5.74) is -2.43. The van der Waals surface area contributed by atoms with E-state index in [1.165, 1.54) is 19.1 Å². The van der Waals surface area contributed by atoms with Gasteiger partial charge in [0.15, 0.2) is 5.36 Å². The summed E-state index contributed by atoms with van der Waals surface area (Å²) >= 11 is 0. The molecule has 0 aromatic heterocycles. The summed E-state index contributed by atoms with van der Waals surface area (Å²) in [6, 6.07) is 7.94. The molecule has 0 aliphatic rings. The molecule has 3 aromatic rings. The first-order valence-corrected chi connectivity index (χ1v) is 7.02. The molecule has 0 aliphatic carbocycles.